The van der Waals surface area contributed by atoms with Gasteiger partial charge < -0.3 is 18.9 Å². The van der Waals surface area contributed by atoms with Crippen molar-refractivity contribution in [3.05, 3.63) is 96.3 Å². The second-order valence-corrected chi connectivity index (χ2v) is 17.0. The van der Waals surface area contributed by atoms with Crippen LogP contribution in [0.5, 0.6) is 23.3 Å². The summed E-state index contributed by atoms with van der Waals surface area (Å²) in [6.07, 6.45) is 10.2. The van der Waals surface area contributed by atoms with Crippen LogP contribution in [0.2, 0.25) is 0 Å². The summed E-state index contributed by atoms with van der Waals surface area (Å²) in [5, 5.41) is 13.7. The third-order valence-electron chi connectivity index (χ3n) is 14.3. The number of nitrogens with zero attached hydrogens (tertiary/aromatic N) is 6. The summed E-state index contributed by atoms with van der Waals surface area (Å²) in [5.74, 6) is 5.39. The molecule has 4 bridgehead atoms. The second kappa shape index (κ2) is 15.6. The summed E-state index contributed by atoms with van der Waals surface area (Å²) in [6, 6.07) is 25.1. The van der Waals surface area contributed by atoms with Crippen molar-refractivity contribution in [3.8, 4) is 23.3 Å². The topological polar surface area (TPSA) is 95.0 Å². The molecule has 10 nitrogen and oxygen atoms in total. The molecular weight excluding hydrogens is 725 g/mol. The molecule has 0 spiro atoms. The molecule has 3 aromatic carbocycles. The quantitative estimate of drug-likeness (QED) is 0.120. The second-order valence-electron chi connectivity index (χ2n) is 17.0. The number of methoxy groups -OCH3 is 2. The van der Waals surface area contributed by atoms with Crippen LogP contribution in [-0.4, -0.2) is 82.4 Å². The van der Waals surface area contributed by atoms with Gasteiger partial charge >= 0.3 is 0 Å². The van der Waals surface area contributed by atoms with Crippen LogP contribution in [0.4, 0.5) is 0 Å². The molecule has 6 saturated heterocycles. The molecule has 6 aromatic rings. The van der Waals surface area contributed by atoms with E-state index in [1.54, 1.807) is 14.2 Å². The number of pyridine rings is 2. The molecule has 300 valence electrons. The lowest BCUT2D eigenvalue weighted by molar-refractivity contribution is -0.0505. The van der Waals surface area contributed by atoms with Crippen molar-refractivity contribution in [1.29, 1.82) is 0 Å². The molecule has 6 aliphatic rings. The predicted molar refractivity (Wildman–Crippen MR) is 227 cm³/mol. The smallest absolute Gasteiger partial charge is 0.242 e. The van der Waals surface area contributed by atoms with Crippen molar-refractivity contribution in [2.24, 2.45) is 23.7 Å². The first-order valence-electron chi connectivity index (χ1n) is 21.5. The third kappa shape index (κ3) is 6.58. The van der Waals surface area contributed by atoms with E-state index in [1.165, 1.54) is 25.7 Å². The van der Waals surface area contributed by atoms with E-state index in [1.807, 2.05) is 36.7 Å². The molecular formula is C48H54N6O4. The van der Waals surface area contributed by atoms with Gasteiger partial charge in [0, 0.05) is 47.4 Å². The first-order chi connectivity index (χ1) is 28.5. The number of ether oxygens (including phenoxy) is 4. The molecule has 10 atom stereocenters. The average Bonchev–Trinajstić information content (AvgIpc) is 3.29. The highest BCUT2D eigenvalue weighted by Crippen LogP contribution is 2.47. The van der Waals surface area contributed by atoms with Crippen LogP contribution in [0.15, 0.2) is 85.2 Å². The van der Waals surface area contributed by atoms with Crippen molar-refractivity contribution >= 4 is 32.6 Å². The summed E-state index contributed by atoms with van der Waals surface area (Å²) in [5.41, 5.74) is 4.01. The van der Waals surface area contributed by atoms with Gasteiger partial charge in [-0.3, -0.25) is 19.8 Å². The number of piperidine rings is 6. The zero-order chi connectivity index (χ0) is 39.3. The Morgan fingerprint density at radius 3 is 1.47 bits per heavy atom. The van der Waals surface area contributed by atoms with Gasteiger partial charge in [0.15, 0.2) is 0 Å². The molecule has 58 heavy (non-hydrogen) atoms. The van der Waals surface area contributed by atoms with Crippen LogP contribution in [0, 0.1) is 23.7 Å². The monoisotopic (exact) mass is 778 g/mol. The molecule has 9 heterocycles. The summed E-state index contributed by atoms with van der Waals surface area (Å²) in [6.45, 7) is 9.00. The van der Waals surface area contributed by atoms with Crippen LogP contribution in [0.1, 0.15) is 75.7 Å². The fourth-order valence-electron chi connectivity index (χ4n) is 11.1. The molecule has 6 fully saturated rings. The lowest BCUT2D eigenvalue weighted by Crippen LogP contribution is -2.56. The van der Waals surface area contributed by atoms with Crippen LogP contribution in [0.3, 0.4) is 0 Å². The third-order valence-corrected chi connectivity index (χ3v) is 14.3. The molecule has 0 aliphatic carbocycles. The van der Waals surface area contributed by atoms with Gasteiger partial charge in [-0.2, -0.15) is 0 Å². The Bertz CT molecular complexity index is 2280. The molecule has 0 radical (unpaired) electrons. The van der Waals surface area contributed by atoms with Crippen LogP contribution >= 0.6 is 0 Å². The van der Waals surface area contributed by atoms with Crippen LogP contribution in [0.25, 0.3) is 32.6 Å². The number of benzene rings is 3. The molecule has 10 heteroatoms. The SMILES string of the molecule is CC[C@H]1CN2CC[C@@H]1C[C@H]2[C@H](Oc1nnc(O[C@H](c2ccnc3ccc(OC)cc23)[C@@H]2C[C@@H]3CCN2C[C@@H]3CC)c2ccccc12)c1ccnc2ccc(OC)cc12. The van der Waals surface area contributed by atoms with E-state index < -0.39 is 0 Å². The Balaban J connectivity index is 1.06. The Morgan fingerprint density at radius 1 is 0.603 bits per heavy atom. The maximum Gasteiger partial charge on any atom is 0.242 e. The first kappa shape index (κ1) is 37.2. The van der Waals surface area contributed by atoms with Gasteiger partial charge in [0.2, 0.25) is 11.8 Å². The number of fused-ring (bicyclic) bond motifs is 9. The van der Waals surface area contributed by atoms with Crippen molar-refractivity contribution in [3.63, 3.8) is 0 Å². The van der Waals surface area contributed by atoms with Crippen molar-refractivity contribution < 1.29 is 18.9 Å². The van der Waals surface area contributed by atoms with Crippen LogP contribution in [-0.2, 0) is 0 Å². The fourth-order valence-corrected chi connectivity index (χ4v) is 11.1. The van der Waals surface area contributed by atoms with E-state index in [-0.39, 0.29) is 24.3 Å². The van der Waals surface area contributed by atoms with Gasteiger partial charge in [0.05, 0.1) is 48.1 Å². The minimum absolute atomic E-state index is 0.180. The van der Waals surface area contributed by atoms with E-state index in [0.29, 0.717) is 35.4 Å². The normalized spacial score (nSPS) is 27.4. The Labute approximate surface area is 340 Å². The summed E-state index contributed by atoms with van der Waals surface area (Å²) in [4.78, 5) is 14.8. The van der Waals surface area contributed by atoms with Gasteiger partial charge in [-0.25, -0.2) is 0 Å². The zero-order valence-electron chi connectivity index (χ0n) is 34.1. The highest BCUT2D eigenvalue weighted by molar-refractivity contribution is 5.91. The zero-order valence-corrected chi connectivity index (χ0v) is 34.1. The highest BCUT2D eigenvalue weighted by atomic mass is 16.5. The molecule has 0 N–H and O–H groups in total. The number of aromatic nitrogens is 4. The maximum atomic E-state index is 7.30. The number of hydrogen-bond donors (Lipinski definition) is 0. The Morgan fingerprint density at radius 2 is 1.07 bits per heavy atom. The van der Waals surface area contributed by atoms with E-state index in [4.69, 9.17) is 39.1 Å². The van der Waals surface area contributed by atoms with Gasteiger partial charge in [-0.15, -0.1) is 10.2 Å². The summed E-state index contributed by atoms with van der Waals surface area (Å²) in [7, 11) is 3.42. The standard InChI is InChI=1S/C48H54N6O4/c1-5-29-27-53-21-17-31(29)23-43(53)45(35-15-19-49-41-13-11-33(55-3)25-39(35)41)57-47-37-9-7-8-10-38(37)48(52-51-47)58-46(44-24-32-18-22-54(44)28-30(32)6-2)36-16-20-50-42-14-12-34(56-4)26-40(36)42/h7-16,19-20,25-26,29-32,43-46H,5-6,17-18,21-24,27-28H2,1-4H3/t29-,30-,31-,32+,43-,44-,45+,46+/m0/s1. The van der Waals surface area contributed by atoms with Gasteiger partial charge in [-0.1, -0.05) is 38.8 Å². The minimum atomic E-state index is -0.300. The molecule has 6 aliphatic heterocycles. The predicted octanol–water partition coefficient (Wildman–Crippen LogP) is 9.22. The largest absolute Gasteiger partial charge is 0.497 e. The number of rotatable bonds is 12. The van der Waals surface area contributed by atoms with Gasteiger partial charge in [-0.05, 0) is 123 Å². The van der Waals surface area contributed by atoms with E-state index in [9.17, 15) is 0 Å². The highest BCUT2D eigenvalue weighted by Gasteiger charge is 2.46. The first-order valence-corrected chi connectivity index (χ1v) is 21.5. The van der Waals surface area contributed by atoms with Crippen molar-refractivity contribution in [2.45, 2.75) is 76.7 Å². The summed E-state index contributed by atoms with van der Waals surface area (Å²) >= 11 is 0. The van der Waals surface area contributed by atoms with Crippen LogP contribution < -0.4 is 18.9 Å². The van der Waals surface area contributed by atoms with Crippen molar-refractivity contribution in [2.75, 3.05) is 40.4 Å². The van der Waals surface area contributed by atoms with E-state index in [2.05, 4.69) is 72.2 Å². The maximum absolute atomic E-state index is 7.30. The number of hydrogen-bond acceptors (Lipinski definition) is 10. The lowest BCUT2D eigenvalue weighted by atomic mass is 9.72. The molecule has 12 rings (SSSR count). The Kier molecular flexibility index (Phi) is 10.0. The molecule has 3 aromatic heterocycles. The summed E-state index contributed by atoms with van der Waals surface area (Å²) < 4.78 is 26.0. The average molecular weight is 779 g/mol. The van der Waals surface area contributed by atoms with E-state index in [0.717, 1.165) is 94.2 Å². The Hall–Kier alpha value is -5.06. The van der Waals surface area contributed by atoms with E-state index >= 15 is 0 Å². The fraction of sp³-hybridized carbons (Fsp3) is 0.458. The molecule has 2 unspecified atom stereocenters. The molecule has 0 amide bonds. The lowest BCUT2D eigenvalue weighted by Gasteiger charge is -2.52. The van der Waals surface area contributed by atoms with Gasteiger partial charge in [0.1, 0.15) is 23.7 Å². The minimum Gasteiger partial charge on any atom is -0.497 e. The molecule has 0 saturated carbocycles. The van der Waals surface area contributed by atoms with Gasteiger partial charge in [0.25, 0.3) is 0 Å². The van der Waals surface area contributed by atoms with Crippen molar-refractivity contribution in [1.82, 2.24) is 30.0 Å².